The lowest BCUT2D eigenvalue weighted by atomic mass is 9.94. The van der Waals surface area contributed by atoms with Crippen molar-refractivity contribution < 1.29 is 0 Å². The molecule has 19 heavy (non-hydrogen) atoms. The van der Waals surface area contributed by atoms with Gasteiger partial charge in [-0.25, -0.2) is 0 Å². The summed E-state index contributed by atoms with van der Waals surface area (Å²) in [4.78, 5) is 2.61. The fourth-order valence-corrected chi connectivity index (χ4v) is 3.27. The highest BCUT2D eigenvalue weighted by Gasteiger charge is 2.27. The van der Waals surface area contributed by atoms with Crippen LogP contribution in [0.2, 0.25) is 0 Å². The molecule has 2 unspecified atom stereocenters. The van der Waals surface area contributed by atoms with E-state index in [9.17, 15) is 0 Å². The predicted octanol–water partition coefficient (Wildman–Crippen LogP) is 3.31. The third-order valence-electron chi connectivity index (χ3n) is 4.77. The second-order valence-corrected chi connectivity index (χ2v) is 6.20. The summed E-state index contributed by atoms with van der Waals surface area (Å²) in [5.74, 6) is 0. The summed E-state index contributed by atoms with van der Waals surface area (Å²) in [6.45, 7) is 10.8. The molecule has 2 heteroatoms. The molecule has 2 rings (SSSR count). The van der Waals surface area contributed by atoms with Gasteiger partial charge < -0.3 is 5.73 Å². The van der Waals surface area contributed by atoms with Gasteiger partial charge in [-0.1, -0.05) is 18.6 Å². The van der Waals surface area contributed by atoms with Crippen molar-refractivity contribution in [2.75, 3.05) is 6.54 Å². The monoisotopic (exact) mass is 260 g/mol. The molecule has 106 valence electrons. The first-order valence-electron chi connectivity index (χ1n) is 7.55. The van der Waals surface area contributed by atoms with Crippen molar-refractivity contribution in [3.8, 4) is 0 Å². The van der Waals surface area contributed by atoms with E-state index in [1.165, 1.54) is 41.5 Å². The van der Waals surface area contributed by atoms with E-state index >= 15 is 0 Å². The van der Waals surface area contributed by atoms with Gasteiger partial charge in [0, 0.05) is 25.2 Å². The van der Waals surface area contributed by atoms with E-state index in [4.69, 9.17) is 5.73 Å². The Kier molecular flexibility index (Phi) is 4.64. The third-order valence-corrected chi connectivity index (χ3v) is 4.77. The Labute approximate surface area is 118 Å². The van der Waals surface area contributed by atoms with Gasteiger partial charge in [0.2, 0.25) is 0 Å². The van der Waals surface area contributed by atoms with Crippen molar-refractivity contribution in [3.05, 3.63) is 34.4 Å². The van der Waals surface area contributed by atoms with Crippen molar-refractivity contribution in [3.63, 3.8) is 0 Å². The van der Waals surface area contributed by atoms with E-state index in [0.717, 1.165) is 13.1 Å². The van der Waals surface area contributed by atoms with Gasteiger partial charge in [0.25, 0.3) is 0 Å². The summed E-state index contributed by atoms with van der Waals surface area (Å²) < 4.78 is 0. The molecule has 1 saturated heterocycles. The quantitative estimate of drug-likeness (QED) is 0.903. The van der Waals surface area contributed by atoms with Crippen LogP contribution < -0.4 is 5.73 Å². The van der Waals surface area contributed by atoms with Crippen molar-refractivity contribution in [2.45, 2.75) is 65.6 Å². The molecule has 1 heterocycles. The molecule has 0 spiro atoms. The summed E-state index contributed by atoms with van der Waals surface area (Å²) in [7, 11) is 0. The van der Waals surface area contributed by atoms with Crippen LogP contribution in [0, 0.1) is 20.8 Å². The smallest absolute Gasteiger partial charge is 0.0242 e. The van der Waals surface area contributed by atoms with Crippen LogP contribution in [0.25, 0.3) is 0 Å². The molecule has 2 N–H and O–H groups in total. The van der Waals surface area contributed by atoms with E-state index < -0.39 is 0 Å². The maximum absolute atomic E-state index is 5.96. The Morgan fingerprint density at radius 2 is 1.79 bits per heavy atom. The maximum Gasteiger partial charge on any atom is 0.0242 e. The number of hydrogen-bond acceptors (Lipinski definition) is 2. The number of likely N-dealkylation sites (tertiary alicyclic amines) is 1. The van der Waals surface area contributed by atoms with Gasteiger partial charge in [-0.15, -0.1) is 0 Å². The van der Waals surface area contributed by atoms with Crippen molar-refractivity contribution in [2.24, 2.45) is 5.73 Å². The molecule has 0 saturated carbocycles. The van der Waals surface area contributed by atoms with E-state index in [2.05, 4.69) is 44.7 Å². The largest absolute Gasteiger partial charge is 0.329 e. The Balaban J connectivity index is 2.21. The Bertz CT molecular complexity index is 439. The van der Waals surface area contributed by atoms with Crippen LogP contribution in [-0.2, 0) is 6.54 Å². The highest BCUT2D eigenvalue weighted by atomic mass is 15.2. The minimum Gasteiger partial charge on any atom is -0.329 e. The lowest BCUT2D eigenvalue weighted by molar-refractivity contribution is 0.0890. The zero-order valence-corrected chi connectivity index (χ0v) is 12.9. The van der Waals surface area contributed by atoms with Gasteiger partial charge in [-0.05, 0) is 62.8 Å². The molecule has 0 bridgehead atoms. The number of benzene rings is 1. The number of nitrogens with zero attached hydrogens (tertiary/aromatic N) is 1. The summed E-state index contributed by atoms with van der Waals surface area (Å²) in [6, 6.07) is 5.89. The van der Waals surface area contributed by atoms with Crippen LogP contribution in [0.1, 0.15) is 48.4 Å². The standard InChI is InChI=1S/C17H28N2/c1-12-8-14(3)16(9-13(12)2)11-19-15(4)6-5-7-17(19)10-18/h8-9,15,17H,5-7,10-11,18H2,1-4H3. The zero-order chi connectivity index (χ0) is 14.0. The molecule has 0 aliphatic carbocycles. The fraction of sp³-hybridized carbons (Fsp3) is 0.647. The molecule has 1 aliphatic rings. The van der Waals surface area contributed by atoms with E-state index in [-0.39, 0.29) is 0 Å². The lowest BCUT2D eigenvalue weighted by Crippen LogP contribution is -2.48. The molecule has 1 aliphatic heterocycles. The van der Waals surface area contributed by atoms with Gasteiger partial charge in [-0.2, -0.15) is 0 Å². The van der Waals surface area contributed by atoms with Gasteiger partial charge in [0.1, 0.15) is 0 Å². The van der Waals surface area contributed by atoms with Crippen molar-refractivity contribution in [1.82, 2.24) is 4.90 Å². The molecule has 0 amide bonds. The Morgan fingerprint density at radius 3 is 2.47 bits per heavy atom. The summed E-state index contributed by atoms with van der Waals surface area (Å²) in [5, 5.41) is 0. The summed E-state index contributed by atoms with van der Waals surface area (Å²) >= 11 is 0. The van der Waals surface area contributed by atoms with Crippen LogP contribution >= 0.6 is 0 Å². The molecule has 0 radical (unpaired) electrons. The average Bonchev–Trinajstić information content (AvgIpc) is 2.38. The molecule has 2 atom stereocenters. The third kappa shape index (κ3) is 3.18. The second-order valence-electron chi connectivity index (χ2n) is 6.20. The molecular weight excluding hydrogens is 232 g/mol. The van der Waals surface area contributed by atoms with Crippen LogP contribution in [0.3, 0.4) is 0 Å². The van der Waals surface area contributed by atoms with Crippen LogP contribution in [0.4, 0.5) is 0 Å². The number of rotatable bonds is 3. The highest BCUT2D eigenvalue weighted by Crippen LogP contribution is 2.26. The van der Waals surface area contributed by atoms with E-state index in [1.807, 2.05) is 0 Å². The minimum absolute atomic E-state index is 0.560. The number of nitrogens with two attached hydrogens (primary N) is 1. The van der Waals surface area contributed by atoms with E-state index in [0.29, 0.717) is 12.1 Å². The molecule has 1 aromatic rings. The van der Waals surface area contributed by atoms with Crippen LogP contribution in [0.5, 0.6) is 0 Å². The number of hydrogen-bond donors (Lipinski definition) is 1. The summed E-state index contributed by atoms with van der Waals surface area (Å²) in [6.07, 6.45) is 3.89. The molecule has 1 fully saturated rings. The first kappa shape index (κ1) is 14.5. The normalized spacial score (nSPS) is 24.7. The van der Waals surface area contributed by atoms with Gasteiger partial charge in [0.15, 0.2) is 0 Å². The average molecular weight is 260 g/mol. The van der Waals surface area contributed by atoms with Crippen molar-refractivity contribution >= 4 is 0 Å². The minimum atomic E-state index is 0.560. The Hall–Kier alpha value is -0.860. The zero-order valence-electron chi connectivity index (χ0n) is 12.9. The molecule has 2 nitrogen and oxygen atoms in total. The molecule has 1 aromatic carbocycles. The fourth-order valence-electron chi connectivity index (χ4n) is 3.27. The second kappa shape index (κ2) is 6.06. The first-order valence-corrected chi connectivity index (χ1v) is 7.55. The Morgan fingerprint density at radius 1 is 1.11 bits per heavy atom. The number of piperidine rings is 1. The summed E-state index contributed by atoms with van der Waals surface area (Å²) in [5.41, 5.74) is 11.6. The van der Waals surface area contributed by atoms with Crippen molar-refractivity contribution in [1.29, 1.82) is 0 Å². The van der Waals surface area contributed by atoms with Gasteiger partial charge in [0.05, 0.1) is 0 Å². The SMILES string of the molecule is Cc1cc(C)c(CN2C(C)CCCC2CN)cc1C. The van der Waals surface area contributed by atoms with Gasteiger partial charge >= 0.3 is 0 Å². The number of aryl methyl sites for hydroxylation is 3. The van der Waals surface area contributed by atoms with E-state index in [1.54, 1.807) is 0 Å². The van der Waals surface area contributed by atoms with Gasteiger partial charge in [-0.3, -0.25) is 4.90 Å². The highest BCUT2D eigenvalue weighted by molar-refractivity contribution is 5.36. The molecular formula is C17H28N2. The lowest BCUT2D eigenvalue weighted by Gasteiger charge is -2.40. The predicted molar refractivity (Wildman–Crippen MR) is 82.4 cm³/mol. The topological polar surface area (TPSA) is 29.3 Å². The van der Waals surface area contributed by atoms with Crippen LogP contribution in [-0.4, -0.2) is 23.5 Å². The molecule has 0 aromatic heterocycles. The van der Waals surface area contributed by atoms with Crippen LogP contribution in [0.15, 0.2) is 12.1 Å². The maximum atomic E-state index is 5.96. The first-order chi connectivity index (χ1) is 9.02.